The first-order chi connectivity index (χ1) is 9.22. The van der Waals surface area contributed by atoms with Crippen molar-refractivity contribution < 1.29 is 9.47 Å². The van der Waals surface area contributed by atoms with Crippen molar-refractivity contribution >= 4 is 39.0 Å². The lowest BCUT2D eigenvalue weighted by Crippen LogP contribution is -2.02. The van der Waals surface area contributed by atoms with Gasteiger partial charge in [-0.1, -0.05) is 12.1 Å². The summed E-state index contributed by atoms with van der Waals surface area (Å²) in [5.74, 6) is 0.994. The second kappa shape index (κ2) is 7.45. The second-order valence-corrected chi connectivity index (χ2v) is 6.85. The maximum Gasteiger partial charge on any atom is 0.183 e. The summed E-state index contributed by atoms with van der Waals surface area (Å²) in [7, 11) is 3.29. The van der Waals surface area contributed by atoms with E-state index in [-0.39, 0.29) is 6.29 Å². The zero-order chi connectivity index (χ0) is 13.7. The molecule has 0 radical (unpaired) electrons. The lowest BCUT2D eigenvalue weighted by atomic mass is 10.2. The lowest BCUT2D eigenvalue weighted by Gasteiger charge is -2.13. The first kappa shape index (κ1) is 15.1. The van der Waals surface area contributed by atoms with Gasteiger partial charge in [-0.25, -0.2) is 0 Å². The largest absolute Gasteiger partial charge is 0.352 e. The number of rotatable bonds is 6. The minimum atomic E-state index is -0.285. The molecule has 1 aromatic heterocycles. The zero-order valence-electron chi connectivity index (χ0n) is 10.8. The van der Waals surface area contributed by atoms with Gasteiger partial charge < -0.3 is 9.47 Å². The van der Waals surface area contributed by atoms with Crippen LogP contribution in [-0.2, 0) is 15.2 Å². The first-order valence-electron chi connectivity index (χ1n) is 5.74. The Morgan fingerprint density at radius 1 is 1.21 bits per heavy atom. The molecule has 0 aliphatic carbocycles. The average Bonchev–Trinajstić information content (AvgIpc) is 2.85. The summed E-state index contributed by atoms with van der Waals surface area (Å²) in [6, 6.07) is 10.5. The molecular weight excluding hydrogens is 344 g/mol. The smallest absolute Gasteiger partial charge is 0.183 e. The van der Waals surface area contributed by atoms with E-state index in [1.165, 1.54) is 9.77 Å². The van der Waals surface area contributed by atoms with E-state index in [2.05, 4.69) is 39.5 Å². The fourth-order valence-electron chi connectivity index (χ4n) is 1.67. The third kappa shape index (κ3) is 4.33. The van der Waals surface area contributed by atoms with Crippen LogP contribution in [0.25, 0.3) is 0 Å². The molecule has 102 valence electrons. The van der Waals surface area contributed by atoms with Crippen molar-refractivity contribution in [3.63, 3.8) is 0 Å². The van der Waals surface area contributed by atoms with Gasteiger partial charge in [0.15, 0.2) is 6.29 Å². The van der Waals surface area contributed by atoms with Gasteiger partial charge in [0.25, 0.3) is 0 Å². The number of benzene rings is 1. The number of hydrogen-bond donors (Lipinski definition) is 0. The summed E-state index contributed by atoms with van der Waals surface area (Å²) in [6.45, 7) is 0. The van der Waals surface area contributed by atoms with Crippen LogP contribution < -0.4 is 0 Å². The predicted molar refractivity (Wildman–Crippen MR) is 84.8 cm³/mol. The molecule has 2 rings (SSSR count). The molecule has 5 heteroatoms. The van der Waals surface area contributed by atoms with Crippen molar-refractivity contribution in [2.75, 3.05) is 14.2 Å². The van der Waals surface area contributed by atoms with Gasteiger partial charge in [0, 0.05) is 45.2 Å². The standard InChI is InChI=1S/C14H15BrO2S2/c1-16-14(17-2)10-3-5-12(6-4-10)19-9-13-7-11(15)8-18-13/h3-8,14H,9H2,1-2H3. The lowest BCUT2D eigenvalue weighted by molar-refractivity contribution is -0.106. The molecular formula is C14H15BrO2S2. The van der Waals surface area contributed by atoms with E-state index in [0.29, 0.717) is 0 Å². The quantitative estimate of drug-likeness (QED) is 0.528. The first-order valence-corrected chi connectivity index (χ1v) is 8.40. The minimum absolute atomic E-state index is 0.285. The van der Waals surface area contributed by atoms with Gasteiger partial charge in [-0.3, -0.25) is 0 Å². The average molecular weight is 359 g/mol. The van der Waals surface area contributed by atoms with E-state index in [4.69, 9.17) is 9.47 Å². The highest BCUT2D eigenvalue weighted by Gasteiger charge is 2.08. The predicted octanol–water partition coefficient (Wildman–Crippen LogP) is 5.09. The van der Waals surface area contributed by atoms with E-state index in [9.17, 15) is 0 Å². The SMILES string of the molecule is COC(OC)c1ccc(SCc2cc(Br)cs2)cc1. The Kier molecular flexibility index (Phi) is 5.91. The molecule has 0 N–H and O–H groups in total. The van der Waals surface area contributed by atoms with Crippen LogP contribution in [0, 0.1) is 0 Å². The zero-order valence-corrected chi connectivity index (χ0v) is 14.0. The van der Waals surface area contributed by atoms with Gasteiger partial charge in [-0.15, -0.1) is 23.1 Å². The van der Waals surface area contributed by atoms with Gasteiger partial charge in [0.05, 0.1) is 0 Å². The minimum Gasteiger partial charge on any atom is -0.352 e. The monoisotopic (exact) mass is 358 g/mol. The molecule has 0 aliphatic heterocycles. The Morgan fingerprint density at radius 3 is 2.42 bits per heavy atom. The normalized spacial score (nSPS) is 11.2. The van der Waals surface area contributed by atoms with E-state index in [1.807, 2.05) is 23.9 Å². The fraction of sp³-hybridized carbons (Fsp3) is 0.286. The van der Waals surface area contributed by atoms with Gasteiger partial charge in [-0.05, 0) is 34.1 Å². The van der Waals surface area contributed by atoms with Crippen molar-refractivity contribution in [2.45, 2.75) is 16.9 Å². The molecule has 0 atom stereocenters. The summed E-state index contributed by atoms with van der Waals surface area (Å²) in [5.41, 5.74) is 1.04. The molecule has 2 nitrogen and oxygen atoms in total. The Morgan fingerprint density at radius 2 is 1.89 bits per heavy atom. The molecule has 0 aliphatic rings. The van der Waals surface area contributed by atoms with E-state index in [0.717, 1.165) is 15.8 Å². The molecule has 0 saturated carbocycles. The Hall–Kier alpha value is -0.330. The van der Waals surface area contributed by atoms with Gasteiger partial charge in [0.2, 0.25) is 0 Å². The van der Waals surface area contributed by atoms with Gasteiger partial charge >= 0.3 is 0 Å². The summed E-state index contributed by atoms with van der Waals surface area (Å²) >= 11 is 7.08. The van der Waals surface area contributed by atoms with Crippen molar-refractivity contribution in [1.29, 1.82) is 0 Å². The molecule has 19 heavy (non-hydrogen) atoms. The molecule has 0 saturated heterocycles. The highest BCUT2D eigenvalue weighted by molar-refractivity contribution is 9.10. The Bertz CT molecular complexity index is 506. The van der Waals surface area contributed by atoms with Crippen LogP contribution in [0.3, 0.4) is 0 Å². The molecule has 1 aromatic carbocycles. The van der Waals surface area contributed by atoms with Crippen molar-refractivity contribution in [3.05, 3.63) is 50.6 Å². The Balaban J connectivity index is 1.95. The van der Waals surface area contributed by atoms with Crippen LogP contribution in [0.15, 0.2) is 45.1 Å². The number of thiophene rings is 1. The number of methoxy groups -OCH3 is 2. The number of hydrogen-bond acceptors (Lipinski definition) is 4. The molecule has 0 fully saturated rings. The van der Waals surface area contributed by atoms with Crippen LogP contribution in [0.5, 0.6) is 0 Å². The highest BCUT2D eigenvalue weighted by Crippen LogP contribution is 2.29. The van der Waals surface area contributed by atoms with Crippen LogP contribution in [0.1, 0.15) is 16.7 Å². The molecule has 0 bridgehead atoms. The molecule has 0 unspecified atom stereocenters. The number of ether oxygens (including phenoxy) is 2. The maximum atomic E-state index is 5.22. The topological polar surface area (TPSA) is 18.5 Å². The molecule has 0 amide bonds. The van der Waals surface area contributed by atoms with Crippen LogP contribution >= 0.6 is 39.0 Å². The second-order valence-electron chi connectivity index (χ2n) is 3.89. The maximum absolute atomic E-state index is 5.22. The third-order valence-electron chi connectivity index (χ3n) is 2.58. The van der Waals surface area contributed by atoms with E-state index < -0.39 is 0 Å². The summed E-state index contributed by atoms with van der Waals surface area (Å²) in [4.78, 5) is 2.62. The van der Waals surface area contributed by atoms with Gasteiger partial charge in [-0.2, -0.15) is 0 Å². The fourth-order valence-corrected chi connectivity index (χ4v) is 4.08. The molecule has 1 heterocycles. The third-order valence-corrected chi connectivity index (χ3v) is 5.52. The van der Waals surface area contributed by atoms with Crippen molar-refractivity contribution in [2.24, 2.45) is 0 Å². The summed E-state index contributed by atoms with van der Waals surface area (Å²) < 4.78 is 11.6. The van der Waals surface area contributed by atoms with Crippen molar-refractivity contribution in [1.82, 2.24) is 0 Å². The van der Waals surface area contributed by atoms with E-state index >= 15 is 0 Å². The number of thioether (sulfide) groups is 1. The van der Waals surface area contributed by atoms with Crippen LogP contribution in [-0.4, -0.2) is 14.2 Å². The van der Waals surface area contributed by atoms with Crippen molar-refractivity contribution in [3.8, 4) is 0 Å². The van der Waals surface area contributed by atoms with Crippen LogP contribution in [0.2, 0.25) is 0 Å². The van der Waals surface area contributed by atoms with Crippen LogP contribution in [0.4, 0.5) is 0 Å². The summed E-state index contributed by atoms with van der Waals surface area (Å²) in [6.07, 6.45) is -0.285. The Labute approximate surface area is 130 Å². The molecule has 0 spiro atoms. The molecule has 2 aromatic rings. The number of halogens is 1. The van der Waals surface area contributed by atoms with Gasteiger partial charge in [0.1, 0.15) is 0 Å². The summed E-state index contributed by atoms with van der Waals surface area (Å²) in [5, 5.41) is 2.11. The van der Waals surface area contributed by atoms with E-state index in [1.54, 1.807) is 25.6 Å². The highest BCUT2D eigenvalue weighted by atomic mass is 79.9.